The molecule has 3 heterocycles. The van der Waals surface area contributed by atoms with Crippen LogP contribution in [0.3, 0.4) is 0 Å². The first-order chi connectivity index (χ1) is 16.8. The summed E-state index contributed by atoms with van der Waals surface area (Å²) in [6, 6.07) is 4.41. The van der Waals surface area contributed by atoms with Crippen LogP contribution in [-0.4, -0.2) is 61.2 Å². The van der Waals surface area contributed by atoms with E-state index in [4.69, 9.17) is 25.2 Å². The monoisotopic (exact) mass is 501 g/mol. The number of primary amides is 1. The minimum atomic E-state index is -0.493. The molecule has 3 N–H and O–H groups in total. The molecular formula is C25H32FN5O3S. The second-order valence-corrected chi connectivity index (χ2v) is 10.1. The second kappa shape index (κ2) is 11.3. The molecule has 1 fully saturated rings. The summed E-state index contributed by atoms with van der Waals surface area (Å²) < 4.78 is 25.6. The Labute approximate surface area is 208 Å². The van der Waals surface area contributed by atoms with Gasteiger partial charge in [0.1, 0.15) is 28.0 Å². The lowest BCUT2D eigenvalue weighted by Gasteiger charge is -2.23. The summed E-state index contributed by atoms with van der Waals surface area (Å²) in [4.78, 5) is 24.8. The van der Waals surface area contributed by atoms with Crippen LogP contribution in [-0.2, 0) is 11.2 Å². The summed E-state index contributed by atoms with van der Waals surface area (Å²) in [5.74, 6) is 1.14. The van der Waals surface area contributed by atoms with E-state index in [0.29, 0.717) is 51.7 Å². The lowest BCUT2D eigenvalue weighted by atomic mass is 10.0. The van der Waals surface area contributed by atoms with Crippen molar-refractivity contribution in [1.82, 2.24) is 14.9 Å². The molecule has 0 radical (unpaired) electrons. The average molecular weight is 502 g/mol. The standard InChI is InChI=1S/C25H32FN5O3S/c1-15-21-24(29-20(5-4-10-31(2)3)30-25(21)35-22(15)23(27)32)28-18-7-6-17(26)13-19(18)34-14-16-8-11-33-12-9-16/h6-7,13,16H,4-5,8-12,14H2,1-3H3,(H2,27,32)(H,28,29,30). The van der Waals surface area contributed by atoms with Gasteiger partial charge in [0, 0.05) is 25.7 Å². The van der Waals surface area contributed by atoms with Crippen LogP contribution in [0.2, 0.25) is 0 Å². The lowest BCUT2D eigenvalue weighted by molar-refractivity contribution is 0.0498. The van der Waals surface area contributed by atoms with E-state index in [1.165, 1.54) is 23.5 Å². The van der Waals surface area contributed by atoms with E-state index in [1.807, 2.05) is 21.0 Å². The Balaban J connectivity index is 1.67. The van der Waals surface area contributed by atoms with E-state index in [2.05, 4.69) is 10.2 Å². The first kappa shape index (κ1) is 25.3. The first-order valence-electron chi connectivity index (χ1n) is 11.8. The van der Waals surface area contributed by atoms with E-state index < -0.39 is 5.91 Å². The molecule has 2 aromatic heterocycles. The summed E-state index contributed by atoms with van der Waals surface area (Å²) >= 11 is 1.27. The van der Waals surface area contributed by atoms with Gasteiger partial charge in [-0.15, -0.1) is 11.3 Å². The molecule has 1 aliphatic heterocycles. The van der Waals surface area contributed by atoms with Gasteiger partial charge in [0.2, 0.25) is 0 Å². The second-order valence-electron chi connectivity index (χ2n) is 9.13. The number of rotatable bonds is 10. The van der Waals surface area contributed by atoms with Crippen LogP contribution in [0.5, 0.6) is 5.75 Å². The molecule has 10 heteroatoms. The summed E-state index contributed by atoms with van der Waals surface area (Å²) in [5.41, 5.74) is 6.94. The Morgan fingerprint density at radius 1 is 1.31 bits per heavy atom. The number of amides is 1. The molecular weight excluding hydrogens is 469 g/mol. The fraction of sp³-hybridized carbons (Fsp3) is 0.480. The highest BCUT2D eigenvalue weighted by molar-refractivity contribution is 7.20. The number of thiophene rings is 1. The number of hydrogen-bond acceptors (Lipinski definition) is 8. The van der Waals surface area contributed by atoms with Crippen molar-refractivity contribution in [3.05, 3.63) is 40.3 Å². The van der Waals surface area contributed by atoms with Gasteiger partial charge >= 0.3 is 0 Å². The Kier molecular flexibility index (Phi) is 8.15. The summed E-state index contributed by atoms with van der Waals surface area (Å²) in [7, 11) is 4.05. The number of nitrogens with zero attached hydrogens (tertiary/aromatic N) is 3. The van der Waals surface area contributed by atoms with Crippen LogP contribution in [0, 0.1) is 18.7 Å². The maximum atomic E-state index is 14.1. The molecule has 1 aromatic carbocycles. The van der Waals surface area contributed by atoms with Crippen LogP contribution in [0.1, 0.15) is 40.3 Å². The van der Waals surface area contributed by atoms with E-state index in [1.54, 1.807) is 6.07 Å². The van der Waals surface area contributed by atoms with Crippen molar-refractivity contribution in [2.45, 2.75) is 32.6 Å². The Hall–Kier alpha value is -2.82. The SMILES string of the molecule is Cc1c(C(N)=O)sc2nc(CCCN(C)C)nc(Nc3ccc(F)cc3OCC3CCOCC3)c12. The number of hydrogen-bond donors (Lipinski definition) is 2. The Morgan fingerprint density at radius 2 is 2.09 bits per heavy atom. The number of ether oxygens (including phenoxy) is 2. The lowest BCUT2D eigenvalue weighted by Crippen LogP contribution is -2.21. The molecule has 0 aliphatic carbocycles. The number of aromatic nitrogens is 2. The Bertz CT molecular complexity index is 1190. The third-order valence-electron chi connectivity index (χ3n) is 6.08. The number of carbonyl (C=O) groups excluding carboxylic acids is 1. The summed E-state index contributed by atoms with van der Waals surface area (Å²) in [6.07, 6.45) is 3.42. The average Bonchev–Trinajstić information content (AvgIpc) is 3.16. The van der Waals surface area contributed by atoms with E-state index in [0.717, 1.165) is 50.0 Å². The fourth-order valence-corrected chi connectivity index (χ4v) is 5.19. The van der Waals surface area contributed by atoms with Gasteiger partial charge in [-0.25, -0.2) is 14.4 Å². The molecule has 8 nitrogen and oxygen atoms in total. The van der Waals surface area contributed by atoms with Gasteiger partial charge in [-0.2, -0.15) is 0 Å². The quantitative estimate of drug-likeness (QED) is 0.427. The predicted octanol–water partition coefficient (Wildman–Crippen LogP) is 4.28. The zero-order chi connectivity index (χ0) is 24.9. The fourth-order valence-electron chi connectivity index (χ4n) is 4.14. The zero-order valence-corrected chi connectivity index (χ0v) is 21.2. The number of anilines is 2. The number of benzene rings is 1. The molecule has 1 amide bonds. The van der Waals surface area contributed by atoms with Crippen molar-refractivity contribution in [1.29, 1.82) is 0 Å². The van der Waals surface area contributed by atoms with Crippen molar-refractivity contribution >= 4 is 39.0 Å². The summed E-state index contributed by atoms with van der Waals surface area (Å²) in [5, 5.41) is 4.08. The third kappa shape index (κ3) is 6.25. The number of halogens is 1. The molecule has 0 saturated carbocycles. The van der Waals surface area contributed by atoms with Gasteiger partial charge in [-0.1, -0.05) is 0 Å². The maximum absolute atomic E-state index is 14.1. The van der Waals surface area contributed by atoms with Gasteiger partial charge < -0.3 is 25.4 Å². The van der Waals surface area contributed by atoms with Crippen molar-refractivity contribution in [2.75, 3.05) is 45.8 Å². The zero-order valence-electron chi connectivity index (χ0n) is 20.4. The molecule has 0 unspecified atom stereocenters. The highest BCUT2D eigenvalue weighted by Gasteiger charge is 2.21. The summed E-state index contributed by atoms with van der Waals surface area (Å²) in [6.45, 7) is 4.67. The number of nitrogens with one attached hydrogen (secondary N) is 1. The van der Waals surface area contributed by atoms with Gasteiger partial charge in [-0.3, -0.25) is 4.79 Å². The van der Waals surface area contributed by atoms with Crippen LogP contribution in [0.25, 0.3) is 10.2 Å². The molecule has 0 atom stereocenters. The minimum absolute atomic E-state index is 0.367. The highest BCUT2D eigenvalue weighted by Crippen LogP contribution is 2.37. The molecule has 188 valence electrons. The molecule has 4 rings (SSSR count). The van der Waals surface area contributed by atoms with E-state index >= 15 is 0 Å². The van der Waals surface area contributed by atoms with Crippen molar-refractivity contribution < 1.29 is 18.7 Å². The number of fused-ring (bicyclic) bond motifs is 1. The van der Waals surface area contributed by atoms with Crippen LogP contribution in [0.4, 0.5) is 15.9 Å². The van der Waals surface area contributed by atoms with E-state index in [9.17, 15) is 9.18 Å². The largest absolute Gasteiger partial charge is 0.491 e. The van der Waals surface area contributed by atoms with Crippen molar-refractivity contribution in [2.24, 2.45) is 11.7 Å². The molecule has 35 heavy (non-hydrogen) atoms. The Morgan fingerprint density at radius 3 is 2.80 bits per heavy atom. The first-order valence-corrected chi connectivity index (χ1v) is 12.6. The molecule has 0 spiro atoms. The third-order valence-corrected chi connectivity index (χ3v) is 7.28. The molecule has 3 aromatic rings. The highest BCUT2D eigenvalue weighted by atomic mass is 32.1. The van der Waals surface area contributed by atoms with E-state index in [-0.39, 0.29) is 5.82 Å². The smallest absolute Gasteiger partial charge is 0.259 e. The normalized spacial score (nSPS) is 14.5. The molecule has 1 saturated heterocycles. The molecule has 1 aliphatic rings. The maximum Gasteiger partial charge on any atom is 0.259 e. The van der Waals surface area contributed by atoms with Gasteiger partial charge in [0.15, 0.2) is 0 Å². The van der Waals surface area contributed by atoms with Gasteiger partial charge in [0.25, 0.3) is 5.91 Å². The van der Waals surface area contributed by atoms with Crippen LogP contribution < -0.4 is 15.8 Å². The minimum Gasteiger partial charge on any atom is -0.491 e. The van der Waals surface area contributed by atoms with Crippen molar-refractivity contribution in [3.63, 3.8) is 0 Å². The number of carbonyl (C=O) groups is 1. The predicted molar refractivity (Wildman–Crippen MR) is 136 cm³/mol. The van der Waals surface area contributed by atoms with Crippen LogP contribution in [0.15, 0.2) is 18.2 Å². The molecule has 0 bridgehead atoms. The van der Waals surface area contributed by atoms with Gasteiger partial charge in [0.05, 0.1) is 22.6 Å². The number of nitrogens with two attached hydrogens (primary N) is 1. The number of aryl methyl sites for hydroxylation is 2. The topological polar surface area (TPSA) is 103 Å². The van der Waals surface area contributed by atoms with Gasteiger partial charge in [-0.05, 0) is 70.4 Å². The van der Waals surface area contributed by atoms with Crippen molar-refractivity contribution in [3.8, 4) is 5.75 Å². The van der Waals surface area contributed by atoms with Crippen LogP contribution >= 0.6 is 11.3 Å².